The van der Waals surface area contributed by atoms with Gasteiger partial charge in [-0.25, -0.2) is 0 Å². The van der Waals surface area contributed by atoms with E-state index in [1.165, 1.54) is 28.8 Å². The summed E-state index contributed by atoms with van der Waals surface area (Å²) in [5, 5.41) is 0. The molecule has 3 heteroatoms. The van der Waals surface area contributed by atoms with Crippen LogP contribution in [-0.4, -0.2) is 26.5 Å². The number of hydrogen-bond acceptors (Lipinski definition) is 3. The SMILES string of the molecule is COc1cc2c(cc1OC)C([C@H]1C[C@@H]1c1ccccc1)=NCC2. The highest BCUT2D eigenvalue weighted by Gasteiger charge is 2.43. The first-order valence-corrected chi connectivity index (χ1v) is 8.16. The third-order valence-electron chi connectivity index (χ3n) is 4.92. The largest absolute Gasteiger partial charge is 0.493 e. The fourth-order valence-corrected chi connectivity index (χ4v) is 3.63. The third-order valence-corrected chi connectivity index (χ3v) is 4.92. The van der Waals surface area contributed by atoms with Crippen LogP contribution in [0.3, 0.4) is 0 Å². The number of aliphatic imine (C=N–C) groups is 1. The van der Waals surface area contributed by atoms with E-state index in [0.717, 1.165) is 24.5 Å². The van der Waals surface area contributed by atoms with Gasteiger partial charge in [-0.1, -0.05) is 30.3 Å². The van der Waals surface area contributed by atoms with Crippen molar-refractivity contribution in [3.05, 3.63) is 59.2 Å². The normalized spacial score (nSPS) is 22.1. The summed E-state index contributed by atoms with van der Waals surface area (Å²) in [6, 6.07) is 15.0. The molecule has 0 bridgehead atoms. The molecule has 0 saturated heterocycles. The Bertz CT molecular complexity index is 752. The zero-order chi connectivity index (χ0) is 15.8. The second-order valence-electron chi connectivity index (χ2n) is 6.24. The van der Waals surface area contributed by atoms with Gasteiger partial charge < -0.3 is 9.47 Å². The first-order valence-electron chi connectivity index (χ1n) is 8.16. The van der Waals surface area contributed by atoms with E-state index in [0.29, 0.717) is 11.8 Å². The van der Waals surface area contributed by atoms with E-state index >= 15 is 0 Å². The van der Waals surface area contributed by atoms with Crippen molar-refractivity contribution >= 4 is 5.71 Å². The molecule has 2 atom stereocenters. The van der Waals surface area contributed by atoms with Crippen molar-refractivity contribution < 1.29 is 9.47 Å². The molecule has 0 N–H and O–H groups in total. The highest BCUT2D eigenvalue weighted by Crippen LogP contribution is 2.50. The molecule has 2 aliphatic rings. The van der Waals surface area contributed by atoms with Gasteiger partial charge in [-0.3, -0.25) is 4.99 Å². The Labute approximate surface area is 137 Å². The molecule has 1 aliphatic heterocycles. The van der Waals surface area contributed by atoms with Crippen molar-refractivity contribution in [2.45, 2.75) is 18.8 Å². The maximum Gasteiger partial charge on any atom is 0.161 e. The summed E-state index contributed by atoms with van der Waals surface area (Å²) >= 11 is 0. The van der Waals surface area contributed by atoms with Crippen molar-refractivity contribution in [1.29, 1.82) is 0 Å². The monoisotopic (exact) mass is 307 g/mol. The predicted octanol–water partition coefficient (Wildman–Crippen LogP) is 3.85. The minimum atomic E-state index is 0.537. The number of methoxy groups -OCH3 is 2. The molecule has 1 heterocycles. The molecule has 1 saturated carbocycles. The highest BCUT2D eigenvalue weighted by atomic mass is 16.5. The van der Waals surface area contributed by atoms with Gasteiger partial charge in [0.15, 0.2) is 11.5 Å². The lowest BCUT2D eigenvalue weighted by atomic mass is 9.93. The van der Waals surface area contributed by atoms with Crippen LogP contribution in [0.2, 0.25) is 0 Å². The summed E-state index contributed by atoms with van der Waals surface area (Å²) in [5.41, 5.74) is 5.25. The molecule has 118 valence electrons. The molecule has 0 radical (unpaired) electrons. The first kappa shape index (κ1) is 14.3. The molecule has 3 nitrogen and oxygen atoms in total. The smallest absolute Gasteiger partial charge is 0.161 e. The minimum absolute atomic E-state index is 0.537. The Balaban J connectivity index is 1.67. The summed E-state index contributed by atoms with van der Waals surface area (Å²) in [6.07, 6.45) is 2.17. The molecule has 2 aromatic carbocycles. The number of benzene rings is 2. The summed E-state index contributed by atoms with van der Waals surface area (Å²) < 4.78 is 10.9. The van der Waals surface area contributed by atoms with E-state index < -0.39 is 0 Å². The minimum Gasteiger partial charge on any atom is -0.493 e. The van der Waals surface area contributed by atoms with Crippen LogP contribution < -0.4 is 9.47 Å². The average Bonchev–Trinajstić information content (AvgIpc) is 3.41. The number of hydrogen-bond donors (Lipinski definition) is 0. The van der Waals surface area contributed by atoms with Crippen LogP contribution in [0.15, 0.2) is 47.5 Å². The van der Waals surface area contributed by atoms with Crippen LogP contribution in [0.4, 0.5) is 0 Å². The lowest BCUT2D eigenvalue weighted by Gasteiger charge is -2.20. The standard InChI is InChI=1S/C20H21NO2/c1-22-18-10-14-8-9-21-20(16(14)12-19(18)23-2)17-11-15(17)13-6-4-3-5-7-13/h3-7,10,12,15,17H,8-9,11H2,1-2H3/t15-,17+/m1/s1. The summed E-state index contributed by atoms with van der Waals surface area (Å²) in [6.45, 7) is 0.871. The number of fused-ring (bicyclic) bond motifs is 1. The van der Waals surface area contributed by atoms with Gasteiger partial charge in [0, 0.05) is 23.7 Å². The molecule has 1 aliphatic carbocycles. The van der Waals surface area contributed by atoms with E-state index in [9.17, 15) is 0 Å². The van der Waals surface area contributed by atoms with Crippen LogP contribution >= 0.6 is 0 Å². The van der Waals surface area contributed by atoms with E-state index in [2.05, 4.69) is 42.5 Å². The second-order valence-corrected chi connectivity index (χ2v) is 6.24. The molecule has 0 unspecified atom stereocenters. The summed E-state index contributed by atoms with van der Waals surface area (Å²) in [4.78, 5) is 4.86. The second kappa shape index (κ2) is 5.73. The molecule has 1 fully saturated rings. The number of nitrogens with zero attached hydrogens (tertiary/aromatic N) is 1. The Morgan fingerprint density at radius 1 is 0.957 bits per heavy atom. The molecule has 23 heavy (non-hydrogen) atoms. The molecule has 0 spiro atoms. The van der Waals surface area contributed by atoms with Gasteiger partial charge >= 0.3 is 0 Å². The van der Waals surface area contributed by atoms with Gasteiger partial charge in [0.25, 0.3) is 0 Å². The van der Waals surface area contributed by atoms with Crippen LogP contribution in [0.5, 0.6) is 11.5 Å². The van der Waals surface area contributed by atoms with E-state index in [1.807, 2.05) is 0 Å². The third kappa shape index (κ3) is 2.50. The van der Waals surface area contributed by atoms with Gasteiger partial charge in [0.2, 0.25) is 0 Å². The zero-order valence-electron chi connectivity index (χ0n) is 13.6. The van der Waals surface area contributed by atoms with Crippen LogP contribution in [-0.2, 0) is 6.42 Å². The lowest BCUT2D eigenvalue weighted by Crippen LogP contribution is -2.16. The molecular formula is C20H21NO2. The van der Waals surface area contributed by atoms with Crippen molar-refractivity contribution in [3.8, 4) is 11.5 Å². The van der Waals surface area contributed by atoms with E-state index in [-0.39, 0.29) is 0 Å². The van der Waals surface area contributed by atoms with Crippen molar-refractivity contribution in [1.82, 2.24) is 0 Å². The van der Waals surface area contributed by atoms with Crippen LogP contribution in [0, 0.1) is 5.92 Å². The first-order chi connectivity index (χ1) is 11.3. The zero-order valence-corrected chi connectivity index (χ0v) is 13.6. The predicted molar refractivity (Wildman–Crippen MR) is 91.9 cm³/mol. The molecule has 2 aromatic rings. The maximum absolute atomic E-state index is 5.48. The van der Waals surface area contributed by atoms with Crippen molar-refractivity contribution in [2.24, 2.45) is 10.9 Å². The Kier molecular flexibility index (Phi) is 3.56. The Hall–Kier alpha value is -2.29. The number of ether oxygens (including phenoxy) is 2. The van der Waals surface area contributed by atoms with Crippen molar-refractivity contribution in [2.75, 3.05) is 20.8 Å². The molecule has 4 rings (SSSR count). The van der Waals surface area contributed by atoms with Gasteiger partial charge in [0.1, 0.15) is 0 Å². The van der Waals surface area contributed by atoms with E-state index in [4.69, 9.17) is 14.5 Å². The van der Waals surface area contributed by atoms with Crippen LogP contribution in [0.25, 0.3) is 0 Å². The molecule has 0 aromatic heterocycles. The van der Waals surface area contributed by atoms with Gasteiger partial charge in [-0.2, -0.15) is 0 Å². The molecular weight excluding hydrogens is 286 g/mol. The topological polar surface area (TPSA) is 30.8 Å². The Morgan fingerprint density at radius 3 is 2.43 bits per heavy atom. The summed E-state index contributed by atoms with van der Waals surface area (Å²) in [5.74, 6) is 2.74. The highest BCUT2D eigenvalue weighted by molar-refractivity contribution is 6.06. The van der Waals surface area contributed by atoms with Gasteiger partial charge in [-0.05, 0) is 42.0 Å². The van der Waals surface area contributed by atoms with Gasteiger partial charge in [-0.15, -0.1) is 0 Å². The molecule has 0 amide bonds. The van der Waals surface area contributed by atoms with Crippen LogP contribution in [0.1, 0.15) is 29.0 Å². The fourth-order valence-electron chi connectivity index (χ4n) is 3.63. The van der Waals surface area contributed by atoms with Crippen molar-refractivity contribution in [3.63, 3.8) is 0 Å². The van der Waals surface area contributed by atoms with Gasteiger partial charge in [0.05, 0.1) is 14.2 Å². The maximum atomic E-state index is 5.48. The lowest BCUT2D eigenvalue weighted by molar-refractivity contribution is 0.354. The van der Waals surface area contributed by atoms with E-state index in [1.54, 1.807) is 14.2 Å². The number of rotatable bonds is 4. The summed E-state index contributed by atoms with van der Waals surface area (Å²) in [7, 11) is 3.38. The fraction of sp³-hybridized carbons (Fsp3) is 0.350. The quantitative estimate of drug-likeness (QED) is 0.859. The Morgan fingerprint density at radius 2 is 1.70 bits per heavy atom. The average molecular weight is 307 g/mol.